The summed E-state index contributed by atoms with van der Waals surface area (Å²) in [5, 5.41) is 8.51. The SMILES string of the molecule is CN1CCC(C(=O)N2CC(n3cc(-c4ccccc4)nn3)C2)CC1. The van der Waals surface area contributed by atoms with Crippen LogP contribution >= 0.6 is 0 Å². The smallest absolute Gasteiger partial charge is 0.225 e. The highest BCUT2D eigenvalue weighted by molar-refractivity contribution is 5.79. The zero-order chi connectivity index (χ0) is 16.5. The molecule has 1 aromatic heterocycles. The Morgan fingerprint density at radius 2 is 1.83 bits per heavy atom. The van der Waals surface area contributed by atoms with E-state index in [9.17, 15) is 4.79 Å². The lowest BCUT2D eigenvalue weighted by Gasteiger charge is -2.42. The first-order chi connectivity index (χ1) is 11.7. The van der Waals surface area contributed by atoms with Gasteiger partial charge in [-0.3, -0.25) is 4.79 Å². The van der Waals surface area contributed by atoms with Crippen molar-refractivity contribution in [3.63, 3.8) is 0 Å². The number of aromatic nitrogens is 3. The molecule has 24 heavy (non-hydrogen) atoms. The van der Waals surface area contributed by atoms with E-state index in [2.05, 4.69) is 22.3 Å². The van der Waals surface area contributed by atoms with Crippen LogP contribution in [0.25, 0.3) is 11.3 Å². The average Bonchev–Trinajstić information content (AvgIpc) is 3.04. The van der Waals surface area contributed by atoms with Crippen LogP contribution in [0.3, 0.4) is 0 Å². The van der Waals surface area contributed by atoms with Crippen LogP contribution in [0.15, 0.2) is 36.5 Å². The number of likely N-dealkylation sites (tertiary alicyclic amines) is 2. The van der Waals surface area contributed by atoms with Crippen LogP contribution in [-0.4, -0.2) is 63.9 Å². The Labute approximate surface area is 142 Å². The number of nitrogens with zero attached hydrogens (tertiary/aromatic N) is 5. The largest absolute Gasteiger partial charge is 0.338 e. The number of hydrogen-bond donors (Lipinski definition) is 0. The van der Waals surface area contributed by atoms with E-state index in [4.69, 9.17) is 0 Å². The summed E-state index contributed by atoms with van der Waals surface area (Å²) in [5.41, 5.74) is 1.96. The first-order valence-electron chi connectivity index (χ1n) is 8.65. The van der Waals surface area contributed by atoms with E-state index in [-0.39, 0.29) is 12.0 Å². The molecular weight excluding hydrogens is 302 g/mol. The average molecular weight is 325 g/mol. The quantitative estimate of drug-likeness (QED) is 0.861. The van der Waals surface area contributed by atoms with Gasteiger partial charge in [0.2, 0.25) is 5.91 Å². The first-order valence-corrected chi connectivity index (χ1v) is 8.65. The Morgan fingerprint density at radius 3 is 2.54 bits per heavy atom. The Balaban J connectivity index is 1.34. The molecule has 0 aliphatic carbocycles. The number of piperidine rings is 1. The van der Waals surface area contributed by atoms with Crippen molar-refractivity contribution in [1.29, 1.82) is 0 Å². The molecule has 0 bridgehead atoms. The fourth-order valence-electron chi connectivity index (χ4n) is 3.51. The molecule has 0 unspecified atom stereocenters. The van der Waals surface area contributed by atoms with Crippen LogP contribution < -0.4 is 0 Å². The van der Waals surface area contributed by atoms with Gasteiger partial charge < -0.3 is 9.80 Å². The van der Waals surface area contributed by atoms with E-state index >= 15 is 0 Å². The predicted molar refractivity (Wildman–Crippen MR) is 91.3 cm³/mol. The lowest BCUT2D eigenvalue weighted by Crippen LogP contribution is -2.53. The Morgan fingerprint density at radius 1 is 1.12 bits per heavy atom. The molecule has 2 fully saturated rings. The molecule has 0 saturated carbocycles. The van der Waals surface area contributed by atoms with Crippen molar-refractivity contribution in [2.75, 3.05) is 33.2 Å². The molecule has 2 aliphatic heterocycles. The monoisotopic (exact) mass is 325 g/mol. The van der Waals surface area contributed by atoms with Crippen LogP contribution in [0.5, 0.6) is 0 Å². The van der Waals surface area contributed by atoms with Gasteiger partial charge in [0.1, 0.15) is 5.69 Å². The standard InChI is InChI=1S/C18H23N5O/c1-21-9-7-15(8-10-21)18(24)22-11-16(12-22)23-13-17(19-20-23)14-5-3-2-4-6-14/h2-6,13,15-16H,7-12H2,1H3. The minimum absolute atomic E-state index is 0.206. The van der Waals surface area contributed by atoms with Gasteiger partial charge in [-0.15, -0.1) is 5.10 Å². The highest BCUT2D eigenvalue weighted by Gasteiger charge is 2.36. The summed E-state index contributed by atoms with van der Waals surface area (Å²) >= 11 is 0. The lowest BCUT2D eigenvalue weighted by atomic mass is 9.93. The molecule has 126 valence electrons. The number of carbonyl (C=O) groups excluding carboxylic acids is 1. The van der Waals surface area contributed by atoms with E-state index in [0.29, 0.717) is 5.91 Å². The molecule has 2 saturated heterocycles. The van der Waals surface area contributed by atoms with E-state index < -0.39 is 0 Å². The van der Waals surface area contributed by atoms with Crippen molar-refractivity contribution in [2.45, 2.75) is 18.9 Å². The lowest BCUT2D eigenvalue weighted by molar-refractivity contribution is -0.143. The molecule has 0 radical (unpaired) electrons. The normalized spacial score (nSPS) is 20.1. The summed E-state index contributed by atoms with van der Waals surface area (Å²) in [6, 6.07) is 10.3. The van der Waals surface area contributed by atoms with Gasteiger partial charge in [-0.25, -0.2) is 4.68 Å². The number of amides is 1. The summed E-state index contributed by atoms with van der Waals surface area (Å²) in [4.78, 5) is 16.8. The number of carbonyl (C=O) groups is 1. The topological polar surface area (TPSA) is 54.3 Å². The van der Waals surface area contributed by atoms with Crippen molar-refractivity contribution < 1.29 is 4.79 Å². The third-order valence-electron chi connectivity index (χ3n) is 5.20. The van der Waals surface area contributed by atoms with Gasteiger partial charge >= 0.3 is 0 Å². The van der Waals surface area contributed by atoms with Crippen molar-refractivity contribution >= 4 is 5.91 Å². The Kier molecular flexibility index (Phi) is 4.06. The molecule has 1 aromatic carbocycles. The van der Waals surface area contributed by atoms with E-state index in [1.807, 2.05) is 46.1 Å². The molecule has 2 aliphatic rings. The molecule has 0 spiro atoms. The second-order valence-corrected chi connectivity index (χ2v) is 6.92. The third kappa shape index (κ3) is 2.94. The molecule has 6 heteroatoms. The molecule has 1 amide bonds. The second kappa shape index (κ2) is 6.36. The molecule has 0 atom stereocenters. The molecule has 2 aromatic rings. The third-order valence-corrected chi connectivity index (χ3v) is 5.20. The molecule has 6 nitrogen and oxygen atoms in total. The Hall–Kier alpha value is -2.21. The van der Waals surface area contributed by atoms with Gasteiger partial charge in [0, 0.05) is 24.6 Å². The molecule has 3 heterocycles. The van der Waals surface area contributed by atoms with Crippen LogP contribution in [0.1, 0.15) is 18.9 Å². The van der Waals surface area contributed by atoms with Crippen molar-refractivity contribution in [2.24, 2.45) is 5.92 Å². The summed E-state index contributed by atoms with van der Waals surface area (Å²) in [5.74, 6) is 0.528. The van der Waals surface area contributed by atoms with Crippen LogP contribution in [0.4, 0.5) is 0 Å². The van der Waals surface area contributed by atoms with Crippen molar-refractivity contribution in [3.8, 4) is 11.3 Å². The van der Waals surface area contributed by atoms with Gasteiger partial charge in [-0.2, -0.15) is 0 Å². The first kappa shape index (κ1) is 15.3. The van der Waals surface area contributed by atoms with Gasteiger partial charge in [-0.1, -0.05) is 35.5 Å². The molecule has 0 N–H and O–H groups in total. The van der Waals surface area contributed by atoms with Crippen LogP contribution in [-0.2, 0) is 4.79 Å². The number of benzene rings is 1. The maximum absolute atomic E-state index is 12.6. The fourth-order valence-corrected chi connectivity index (χ4v) is 3.51. The summed E-state index contributed by atoms with van der Waals surface area (Å²) in [7, 11) is 2.12. The highest BCUT2D eigenvalue weighted by Crippen LogP contribution is 2.27. The van der Waals surface area contributed by atoms with Crippen LogP contribution in [0, 0.1) is 5.92 Å². The highest BCUT2D eigenvalue weighted by atomic mass is 16.2. The van der Waals surface area contributed by atoms with Gasteiger partial charge in [-0.05, 0) is 33.0 Å². The summed E-state index contributed by atoms with van der Waals surface area (Å²) < 4.78 is 1.90. The number of rotatable bonds is 3. The van der Waals surface area contributed by atoms with Crippen molar-refractivity contribution in [1.82, 2.24) is 24.8 Å². The fraction of sp³-hybridized carbons (Fsp3) is 0.500. The minimum atomic E-state index is 0.206. The predicted octanol–water partition coefficient (Wildman–Crippen LogP) is 1.67. The maximum Gasteiger partial charge on any atom is 0.225 e. The van der Waals surface area contributed by atoms with Crippen molar-refractivity contribution in [3.05, 3.63) is 36.5 Å². The zero-order valence-electron chi connectivity index (χ0n) is 14.0. The summed E-state index contributed by atoms with van der Waals surface area (Å²) in [6.07, 6.45) is 3.95. The molecular formula is C18H23N5O. The second-order valence-electron chi connectivity index (χ2n) is 6.92. The van der Waals surface area contributed by atoms with Gasteiger partial charge in [0.15, 0.2) is 0 Å². The van der Waals surface area contributed by atoms with Gasteiger partial charge in [0.05, 0.1) is 12.2 Å². The zero-order valence-corrected chi connectivity index (χ0v) is 14.0. The molecule has 4 rings (SSSR count). The van der Waals surface area contributed by atoms with E-state index in [1.165, 1.54) is 0 Å². The van der Waals surface area contributed by atoms with E-state index in [0.717, 1.165) is 50.3 Å². The minimum Gasteiger partial charge on any atom is -0.338 e. The van der Waals surface area contributed by atoms with Gasteiger partial charge in [0.25, 0.3) is 0 Å². The Bertz CT molecular complexity index is 699. The van der Waals surface area contributed by atoms with Crippen LogP contribution in [0.2, 0.25) is 0 Å². The number of hydrogen-bond acceptors (Lipinski definition) is 4. The summed E-state index contributed by atoms with van der Waals surface area (Å²) in [6.45, 7) is 3.56. The van der Waals surface area contributed by atoms with E-state index in [1.54, 1.807) is 0 Å². The maximum atomic E-state index is 12.6.